The van der Waals surface area contributed by atoms with E-state index in [9.17, 15) is 14.4 Å². The molecule has 6 nitrogen and oxygen atoms in total. The highest BCUT2D eigenvalue weighted by atomic mass is 16.2. The van der Waals surface area contributed by atoms with Crippen molar-refractivity contribution in [1.29, 1.82) is 0 Å². The Balaban J connectivity index is 1.91. The fourth-order valence-corrected chi connectivity index (χ4v) is 2.75. The van der Waals surface area contributed by atoms with Crippen LogP contribution in [-0.2, 0) is 16.1 Å². The average molecular weight is 259 g/mol. The second kappa shape index (κ2) is 4.15. The Kier molecular flexibility index (Phi) is 2.58. The van der Waals surface area contributed by atoms with Crippen LogP contribution in [0.3, 0.4) is 0 Å². The van der Waals surface area contributed by atoms with Crippen LogP contribution >= 0.6 is 0 Å². The van der Waals surface area contributed by atoms with E-state index in [2.05, 4.69) is 10.3 Å². The number of imide groups is 1. The number of hydrogen-bond donors (Lipinski definition) is 1. The summed E-state index contributed by atoms with van der Waals surface area (Å²) >= 11 is 0. The first-order chi connectivity index (χ1) is 9.08. The summed E-state index contributed by atoms with van der Waals surface area (Å²) in [6.45, 7) is 2.18. The van der Waals surface area contributed by atoms with Gasteiger partial charge < -0.3 is 4.90 Å². The maximum Gasteiger partial charge on any atom is 0.273 e. The molecule has 3 rings (SSSR count). The van der Waals surface area contributed by atoms with E-state index >= 15 is 0 Å². The number of carbonyl (C=O) groups excluding carboxylic acids is 3. The van der Waals surface area contributed by atoms with Gasteiger partial charge in [-0.05, 0) is 12.0 Å². The number of nitrogens with zero attached hydrogens (tertiary/aromatic N) is 2. The Bertz CT molecular complexity index is 584. The van der Waals surface area contributed by atoms with Gasteiger partial charge in [-0.15, -0.1) is 0 Å². The molecule has 1 aromatic rings. The molecule has 2 unspecified atom stereocenters. The summed E-state index contributed by atoms with van der Waals surface area (Å²) in [6, 6.07) is 3.00. The highest BCUT2D eigenvalue weighted by Crippen LogP contribution is 2.28. The number of rotatable bonds is 1. The number of carbonyl (C=O) groups is 3. The van der Waals surface area contributed by atoms with E-state index in [1.807, 2.05) is 13.0 Å². The molecule has 0 bridgehead atoms. The van der Waals surface area contributed by atoms with Crippen LogP contribution in [0.2, 0.25) is 0 Å². The number of amides is 3. The number of nitrogens with one attached hydrogen (secondary N) is 1. The van der Waals surface area contributed by atoms with Crippen LogP contribution in [0.15, 0.2) is 18.3 Å². The molecule has 98 valence electrons. The third-order valence-electron chi connectivity index (χ3n) is 3.61. The van der Waals surface area contributed by atoms with Crippen LogP contribution in [0.25, 0.3) is 0 Å². The highest BCUT2D eigenvalue weighted by molar-refractivity contribution is 6.04. The lowest BCUT2D eigenvalue weighted by molar-refractivity contribution is -0.139. The molecule has 2 atom stereocenters. The van der Waals surface area contributed by atoms with Crippen molar-refractivity contribution in [2.24, 2.45) is 5.92 Å². The summed E-state index contributed by atoms with van der Waals surface area (Å²) in [5, 5.41) is 2.29. The van der Waals surface area contributed by atoms with Crippen molar-refractivity contribution in [2.45, 2.75) is 25.9 Å². The minimum absolute atomic E-state index is 0.181. The number of hydrogen-bond acceptors (Lipinski definition) is 4. The lowest BCUT2D eigenvalue weighted by atomic mass is 9.92. The van der Waals surface area contributed by atoms with Gasteiger partial charge in [0.1, 0.15) is 11.7 Å². The third kappa shape index (κ3) is 1.80. The van der Waals surface area contributed by atoms with Crippen molar-refractivity contribution in [2.75, 3.05) is 0 Å². The van der Waals surface area contributed by atoms with Gasteiger partial charge in [-0.3, -0.25) is 24.7 Å². The van der Waals surface area contributed by atoms with E-state index in [1.54, 1.807) is 12.3 Å². The molecule has 2 aliphatic rings. The zero-order valence-corrected chi connectivity index (χ0v) is 10.4. The van der Waals surface area contributed by atoms with Crippen LogP contribution in [0, 0.1) is 5.92 Å². The SMILES string of the molecule is CC1CC(=O)NC(=O)C1N1Cc2cccnc2C1=O. The predicted molar refractivity (Wildman–Crippen MR) is 64.8 cm³/mol. The van der Waals surface area contributed by atoms with Gasteiger partial charge in [0.15, 0.2) is 0 Å². The molecule has 6 heteroatoms. The first-order valence-electron chi connectivity index (χ1n) is 6.16. The Morgan fingerprint density at radius 3 is 2.84 bits per heavy atom. The first-order valence-corrected chi connectivity index (χ1v) is 6.16. The zero-order valence-electron chi connectivity index (χ0n) is 10.4. The van der Waals surface area contributed by atoms with Crippen molar-refractivity contribution in [3.63, 3.8) is 0 Å². The monoisotopic (exact) mass is 259 g/mol. The smallest absolute Gasteiger partial charge is 0.273 e. The second-order valence-corrected chi connectivity index (χ2v) is 4.98. The number of aromatic nitrogens is 1. The van der Waals surface area contributed by atoms with Gasteiger partial charge in [0.25, 0.3) is 5.91 Å². The summed E-state index contributed by atoms with van der Waals surface area (Å²) in [5.74, 6) is -1.10. The largest absolute Gasteiger partial charge is 0.321 e. The normalized spacial score (nSPS) is 26.4. The highest BCUT2D eigenvalue weighted by Gasteiger charge is 2.43. The maximum atomic E-state index is 12.3. The Labute approximate surface area is 109 Å². The van der Waals surface area contributed by atoms with Gasteiger partial charge in [0.2, 0.25) is 11.8 Å². The van der Waals surface area contributed by atoms with Gasteiger partial charge in [0, 0.05) is 24.7 Å². The van der Waals surface area contributed by atoms with Crippen molar-refractivity contribution in [3.8, 4) is 0 Å². The molecular weight excluding hydrogens is 246 g/mol. The predicted octanol–water partition coefficient (Wildman–Crippen LogP) is 0.0886. The van der Waals surface area contributed by atoms with Crippen LogP contribution in [0.1, 0.15) is 29.4 Å². The van der Waals surface area contributed by atoms with Gasteiger partial charge in [-0.1, -0.05) is 13.0 Å². The standard InChI is InChI=1S/C13H13N3O3/c1-7-5-9(17)15-12(18)11(7)16-6-8-3-2-4-14-10(8)13(16)19/h2-4,7,11H,5-6H2,1H3,(H,15,17,18). The van der Waals surface area contributed by atoms with Gasteiger partial charge in [0.05, 0.1) is 0 Å². The Morgan fingerprint density at radius 2 is 2.16 bits per heavy atom. The molecular formula is C13H13N3O3. The lowest BCUT2D eigenvalue weighted by Crippen LogP contribution is -2.56. The van der Waals surface area contributed by atoms with Crippen molar-refractivity contribution >= 4 is 17.7 Å². The molecule has 3 amide bonds. The fourth-order valence-electron chi connectivity index (χ4n) is 2.75. The topological polar surface area (TPSA) is 79.4 Å². The Hall–Kier alpha value is -2.24. The van der Waals surface area contributed by atoms with Crippen molar-refractivity contribution in [3.05, 3.63) is 29.6 Å². The van der Waals surface area contributed by atoms with Crippen molar-refractivity contribution < 1.29 is 14.4 Å². The van der Waals surface area contributed by atoms with E-state index in [0.29, 0.717) is 12.2 Å². The molecule has 0 aromatic carbocycles. The van der Waals surface area contributed by atoms with Gasteiger partial charge in [-0.2, -0.15) is 0 Å². The zero-order chi connectivity index (χ0) is 13.6. The molecule has 0 radical (unpaired) electrons. The quantitative estimate of drug-likeness (QED) is 0.725. The third-order valence-corrected chi connectivity index (χ3v) is 3.61. The van der Waals surface area contributed by atoms with Crippen LogP contribution in [-0.4, -0.2) is 33.6 Å². The average Bonchev–Trinajstić information content (AvgIpc) is 2.66. The molecule has 1 fully saturated rings. The minimum atomic E-state index is -0.598. The van der Waals surface area contributed by atoms with E-state index < -0.39 is 11.9 Å². The molecule has 3 heterocycles. The number of fused-ring (bicyclic) bond motifs is 1. The van der Waals surface area contributed by atoms with Gasteiger partial charge >= 0.3 is 0 Å². The maximum absolute atomic E-state index is 12.3. The summed E-state index contributed by atoms with van der Waals surface area (Å²) in [7, 11) is 0. The molecule has 2 aliphatic heterocycles. The van der Waals surface area contributed by atoms with Crippen molar-refractivity contribution in [1.82, 2.24) is 15.2 Å². The minimum Gasteiger partial charge on any atom is -0.321 e. The molecule has 1 N–H and O–H groups in total. The lowest BCUT2D eigenvalue weighted by Gasteiger charge is -2.34. The fraction of sp³-hybridized carbons (Fsp3) is 0.385. The van der Waals surface area contributed by atoms with E-state index in [0.717, 1.165) is 5.56 Å². The second-order valence-electron chi connectivity index (χ2n) is 4.98. The molecule has 1 saturated heterocycles. The van der Waals surface area contributed by atoms with E-state index in [1.165, 1.54) is 4.90 Å². The van der Waals surface area contributed by atoms with Crippen LogP contribution in [0.5, 0.6) is 0 Å². The number of piperidine rings is 1. The van der Waals surface area contributed by atoms with E-state index in [-0.39, 0.29) is 24.2 Å². The summed E-state index contributed by atoms with van der Waals surface area (Å²) in [5.41, 5.74) is 1.23. The summed E-state index contributed by atoms with van der Waals surface area (Å²) in [4.78, 5) is 41.1. The molecule has 0 aliphatic carbocycles. The molecule has 1 aromatic heterocycles. The molecule has 0 saturated carbocycles. The molecule has 19 heavy (non-hydrogen) atoms. The summed E-state index contributed by atoms with van der Waals surface area (Å²) < 4.78 is 0. The van der Waals surface area contributed by atoms with E-state index in [4.69, 9.17) is 0 Å². The Morgan fingerprint density at radius 1 is 1.37 bits per heavy atom. The van der Waals surface area contributed by atoms with Gasteiger partial charge in [-0.25, -0.2) is 0 Å². The van der Waals surface area contributed by atoms with Crippen LogP contribution in [0.4, 0.5) is 0 Å². The van der Waals surface area contributed by atoms with Crippen LogP contribution < -0.4 is 5.32 Å². The molecule has 0 spiro atoms. The first kappa shape index (κ1) is 11.8. The summed E-state index contributed by atoms with van der Waals surface area (Å²) in [6.07, 6.45) is 1.82. The number of pyridine rings is 1.